The Balaban J connectivity index is 0.000000200. The van der Waals surface area contributed by atoms with Gasteiger partial charge in [0, 0.05) is 0 Å². The fourth-order valence-corrected chi connectivity index (χ4v) is 1.85. The monoisotopic (exact) mass is 284 g/mol. The number of nitrogens with zero attached hydrogens (tertiary/aromatic N) is 2. The molecule has 0 amide bonds. The van der Waals surface area contributed by atoms with Crippen LogP contribution in [-0.2, 0) is 10.1 Å². The van der Waals surface area contributed by atoms with E-state index in [0.717, 1.165) is 0 Å². The SMILES string of the molecule is Cc1ccccc1S(=O)(=O)O.N=C(N)c1cnon1. The van der Waals surface area contributed by atoms with Crippen molar-refractivity contribution < 1.29 is 17.6 Å². The molecule has 1 aromatic heterocycles. The molecule has 0 saturated heterocycles. The average molecular weight is 284 g/mol. The molecule has 1 heterocycles. The van der Waals surface area contributed by atoms with E-state index in [4.69, 9.17) is 15.7 Å². The predicted molar refractivity (Wildman–Crippen MR) is 66.3 cm³/mol. The quantitative estimate of drug-likeness (QED) is 0.416. The molecular weight excluding hydrogens is 272 g/mol. The number of rotatable bonds is 2. The fourth-order valence-electron chi connectivity index (χ4n) is 1.13. The molecule has 0 atom stereocenters. The summed E-state index contributed by atoms with van der Waals surface area (Å²) in [6.07, 6.45) is 1.28. The summed E-state index contributed by atoms with van der Waals surface area (Å²) in [7, 11) is -4.03. The minimum atomic E-state index is -4.03. The molecule has 2 aromatic rings. The highest BCUT2D eigenvalue weighted by Crippen LogP contribution is 2.12. The predicted octanol–water partition coefficient (Wildman–Crippen LogP) is 0.595. The second-order valence-corrected chi connectivity index (χ2v) is 4.84. The van der Waals surface area contributed by atoms with Crippen LogP contribution in [0.3, 0.4) is 0 Å². The molecule has 0 aliphatic heterocycles. The molecule has 0 radical (unpaired) electrons. The van der Waals surface area contributed by atoms with Gasteiger partial charge in [-0.25, -0.2) is 4.63 Å². The van der Waals surface area contributed by atoms with Crippen molar-refractivity contribution in [3.05, 3.63) is 41.7 Å². The van der Waals surface area contributed by atoms with E-state index in [1.165, 1.54) is 12.3 Å². The zero-order chi connectivity index (χ0) is 14.5. The van der Waals surface area contributed by atoms with E-state index < -0.39 is 10.1 Å². The van der Waals surface area contributed by atoms with Crippen LogP contribution < -0.4 is 5.73 Å². The number of nitrogens with two attached hydrogens (primary N) is 1. The maximum absolute atomic E-state index is 10.6. The maximum atomic E-state index is 10.6. The number of nitrogen functional groups attached to an aromatic ring is 1. The molecule has 1 aromatic carbocycles. The van der Waals surface area contributed by atoms with Crippen LogP contribution in [0.4, 0.5) is 0 Å². The molecule has 0 bridgehead atoms. The van der Waals surface area contributed by atoms with E-state index >= 15 is 0 Å². The van der Waals surface area contributed by atoms with Gasteiger partial charge >= 0.3 is 0 Å². The highest BCUT2D eigenvalue weighted by Gasteiger charge is 2.10. The molecule has 9 heteroatoms. The summed E-state index contributed by atoms with van der Waals surface area (Å²) in [6, 6.07) is 6.27. The van der Waals surface area contributed by atoms with Crippen LogP contribution in [0, 0.1) is 12.3 Å². The van der Waals surface area contributed by atoms with Gasteiger partial charge in [0.1, 0.15) is 12.0 Å². The van der Waals surface area contributed by atoms with E-state index in [-0.39, 0.29) is 16.4 Å². The zero-order valence-corrected chi connectivity index (χ0v) is 10.8. The number of amidine groups is 1. The van der Waals surface area contributed by atoms with Crippen LogP contribution in [0.1, 0.15) is 11.3 Å². The lowest BCUT2D eigenvalue weighted by molar-refractivity contribution is 0.306. The summed E-state index contributed by atoms with van der Waals surface area (Å²) in [4.78, 5) is -0.0278. The van der Waals surface area contributed by atoms with Crippen LogP contribution in [-0.4, -0.2) is 29.1 Å². The second-order valence-electron chi connectivity index (χ2n) is 3.45. The number of aromatic nitrogens is 2. The van der Waals surface area contributed by atoms with Gasteiger partial charge in [0.25, 0.3) is 10.1 Å². The largest absolute Gasteiger partial charge is 0.382 e. The van der Waals surface area contributed by atoms with Gasteiger partial charge in [-0.1, -0.05) is 23.4 Å². The normalized spacial score (nSPS) is 10.4. The van der Waals surface area contributed by atoms with Crippen LogP contribution in [0.25, 0.3) is 0 Å². The summed E-state index contributed by atoms with van der Waals surface area (Å²) >= 11 is 0. The van der Waals surface area contributed by atoms with Crippen molar-refractivity contribution in [1.82, 2.24) is 10.3 Å². The molecule has 0 spiro atoms. The smallest absolute Gasteiger partial charge is 0.294 e. The Morgan fingerprint density at radius 3 is 2.37 bits per heavy atom. The summed E-state index contributed by atoms with van der Waals surface area (Å²) < 4.78 is 34.0. The third kappa shape index (κ3) is 4.48. The van der Waals surface area contributed by atoms with Gasteiger partial charge in [-0.2, -0.15) is 8.42 Å². The van der Waals surface area contributed by atoms with Crippen molar-refractivity contribution >= 4 is 16.0 Å². The molecule has 4 N–H and O–H groups in total. The Morgan fingerprint density at radius 2 is 2.05 bits per heavy atom. The summed E-state index contributed by atoms with van der Waals surface area (Å²) in [6.45, 7) is 1.63. The minimum Gasteiger partial charge on any atom is -0.382 e. The van der Waals surface area contributed by atoms with Crippen LogP contribution in [0.5, 0.6) is 0 Å². The van der Waals surface area contributed by atoms with E-state index in [2.05, 4.69) is 14.9 Å². The van der Waals surface area contributed by atoms with Crippen molar-refractivity contribution in [3.63, 3.8) is 0 Å². The molecule has 2 rings (SSSR count). The van der Waals surface area contributed by atoms with Crippen LogP contribution >= 0.6 is 0 Å². The first-order valence-corrected chi connectivity index (χ1v) is 6.41. The average Bonchev–Trinajstić information content (AvgIpc) is 2.82. The minimum absolute atomic E-state index is 0.0278. The molecule has 0 aliphatic carbocycles. The molecule has 8 nitrogen and oxygen atoms in total. The lowest BCUT2D eigenvalue weighted by Crippen LogP contribution is -2.10. The van der Waals surface area contributed by atoms with Gasteiger partial charge in [-0.15, -0.1) is 0 Å². The number of hydrogen-bond acceptors (Lipinski definition) is 6. The van der Waals surface area contributed by atoms with E-state index in [0.29, 0.717) is 5.56 Å². The first-order chi connectivity index (χ1) is 8.82. The Labute approximate surface area is 109 Å². The summed E-state index contributed by atoms with van der Waals surface area (Å²) in [5.41, 5.74) is 5.80. The highest BCUT2D eigenvalue weighted by atomic mass is 32.2. The maximum Gasteiger partial charge on any atom is 0.294 e. The van der Waals surface area contributed by atoms with Crippen molar-refractivity contribution in [2.45, 2.75) is 11.8 Å². The molecule has 0 unspecified atom stereocenters. The van der Waals surface area contributed by atoms with Crippen LogP contribution in [0.2, 0.25) is 0 Å². The van der Waals surface area contributed by atoms with Crippen molar-refractivity contribution in [1.29, 1.82) is 5.41 Å². The lowest BCUT2D eigenvalue weighted by atomic mass is 10.2. The highest BCUT2D eigenvalue weighted by molar-refractivity contribution is 7.85. The molecule has 0 aliphatic rings. The standard InChI is InChI=1S/C7H8O3S.C3H4N4O/c1-6-4-2-3-5-7(6)11(8,9)10;4-3(5)2-1-6-8-7-2/h2-5H,1H3,(H,8,9,10);1H,(H3,4,5). The van der Waals surface area contributed by atoms with Crippen molar-refractivity contribution in [2.75, 3.05) is 0 Å². The third-order valence-electron chi connectivity index (χ3n) is 2.01. The Bertz CT molecular complexity index is 652. The topological polar surface area (TPSA) is 143 Å². The van der Waals surface area contributed by atoms with E-state index in [9.17, 15) is 8.42 Å². The molecule has 0 saturated carbocycles. The zero-order valence-electron chi connectivity index (χ0n) is 9.94. The summed E-state index contributed by atoms with van der Waals surface area (Å²) in [5, 5.41) is 13.3. The Morgan fingerprint density at radius 1 is 1.42 bits per heavy atom. The van der Waals surface area contributed by atoms with Crippen molar-refractivity contribution in [2.24, 2.45) is 5.73 Å². The Kier molecular flexibility index (Phi) is 4.73. The molecule has 0 fully saturated rings. The van der Waals surface area contributed by atoms with E-state index in [1.807, 2.05) is 0 Å². The van der Waals surface area contributed by atoms with Gasteiger partial charge in [0.2, 0.25) is 0 Å². The van der Waals surface area contributed by atoms with Gasteiger partial charge < -0.3 is 5.73 Å². The number of nitrogens with one attached hydrogen (secondary N) is 1. The Hall–Kier alpha value is -2.26. The molecular formula is C10H12N4O4S. The van der Waals surface area contributed by atoms with Gasteiger partial charge in [0.05, 0.1) is 4.90 Å². The molecule has 19 heavy (non-hydrogen) atoms. The fraction of sp³-hybridized carbons (Fsp3) is 0.100. The van der Waals surface area contributed by atoms with Crippen molar-refractivity contribution in [3.8, 4) is 0 Å². The number of aryl methyl sites for hydroxylation is 1. The first kappa shape index (κ1) is 14.8. The number of hydrogen-bond donors (Lipinski definition) is 3. The summed E-state index contributed by atoms with van der Waals surface area (Å²) in [5.74, 6) is -0.133. The third-order valence-corrected chi connectivity index (χ3v) is 3.02. The number of benzene rings is 1. The van der Waals surface area contributed by atoms with E-state index in [1.54, 1.807) is 25.1 Å². The lowest BCUT2D eigenvalue weighted by Gasteiger charge is -1.99. The first-order valence-electron chi connectivity index (χ1n) is 4.97. The second kappa shape index (κ2) is 6.07. The van der Waals surface area contributed by atoms with Gasteiger partial charge in [-0.05, 0) is 23.7 Å². The molecule has 102 valence electrons. The van der Waals surface area contributed by atoms with Gasteiger partial charge in [-0.3, -0.25) is 9.96 Å². The van der Waals surface area contributed by atoms with Crippen LogP contribution in [0.15, 0.2) is 40.0 Å². The van der Waals surface area contributed by atoms with Gasteiger partial charge in [0.15, 0.2) is 5.69 Å².